The zero-order valence-electron chi connectivity index (χ0n) is 6.55. The minimum Gasteiger partial charge on any atom is -0.395 e. The lowest BCUT2D eigenvalue weighted by Crippen LogP contribution is -2.27. The summed E-state index contributed by atoms with van der Waals surface area (Å²) in [4.78, 5) is 7.73. The molecule has 68 valence electrons. The largest absolute Gasteiger partial charge is 0.395 e. The first kappa shape index (κ1) is 11.3. The highest BCUT2D eigenvalue weighted by atomic mass is 35.5. The van der Waals surface area contributed by atoms with Gasteiger partial charge in [-0.25, -0.2) is 9.97 Å². The normalized spacial score (nSPS) is 11.8. The van der Waals surface area contributed by atoms with E-state index in [1.165, 1.54) is 6.33 Å². The molecule has 0 fully saturated rings. The van der Waals surface area contributed by atoms with Gasteiger partial charge in [0.05, 0.1) is 6.61 Å². The van der Waals surface area contributed by atoms with Crippen molar-refractivity contribution in [3.63, 3.8) is 0 Å². The summed E-state index contributed by atoms with van der Waals surface area (Å²) in [5.74, 6) is 0. The van der Waals surface area contributed by atoms with E-state index in [1.54, 1.807) is 12.3 Å². The Morgan fingerprint density at radius 1 is 1.58 bits per heavy atom. The summed E-state index contributed by atoms with van der Waals surface area (Å²) in [6.07, 6.45) is 3.73. The van der Waals surface area contributed by atoms with Crippen molar-refractivity contribution in [1.29, 1.82) is 0 Å². The van der Waals surface area contributed by atoms with Crippen molar-refractivity contribution >= 4 is 12.4 Å². The molecule has 1 atom stereocenters. The van der Waals surface area contributed by atoms with Gasteiger partial charge in [-0.2, -0.15) is 0 Å². The van der Waals surface area contributed by atoms with Crippen LogP contribution in [0.3, 0.4) is 0 Å². The molecular formula is C7H12ClN3O. The Balaban J connectivity index is 0.00000121. The van der Waals surface area contributed by atoms with Gasteiger partial charge in [-0.1, -0.05) is 0 Å². The minimum absolute atomic E-state index is 0. The smallest absolute Gasteiger partial charge is 0.115 e. The van der Waals surface area contributed by atoms with Crippen LogP contribution in [0.15, 0.2) is 18.6 Å². The molecule has 0 aliphatic rings. The number of rotatable bonds is 3. The quantitative estimate of drug-likeness (QED) is 0.689. The lowest BCUT2D eigenvalue weighted by Gasteiger charge is -2.05. The van der Waals surface area contributed by atoms with E-state index in [4.69, 9.17) is 10.8 Å². The van der Waals surface area contributed by atoms with Crippen LogP contribution in [0.4, 0.5) is 0 Å². The summed E-state index contributed by atoms with van der Waals surface area (Å²) < 4.78 is 0. The standard InChI is InChI=1S/C7H11N3O.ClH/c8-6(4-11)3-7-1-2-9-5-10-7;/h1-2,5-6,11H,3-4,8H2;1H/t6-;/m1./s1. The fourth-order valence-corrected chi connectivity index (χ4v) is 0.772. The molecule has 0 spiro atoms. The summed E-state index contributed by atoms with van der Waals surface area (Å²) in [6.45, 7) is -0.00992. The van der Waals surface area contributed by atoms with Crippen molar-refractivity contribution in [2.75, 3.05) is 6.61 Å². The molecule has 0 aliphatic heterocycles. The number of nitrogens with zero attached hydrogens (tertiary/aromatic N) is 2. The van der Waals surface area contributed by atoms with E-state index in [1.807, 2.05) is 0 Å². The van der Waals surface area contributed by atoms with Crippen LogP contribution in [-0.4, -0.2) is 27.7 Å². The van der Waals surface area contributed by atoms with Gasteiger partial charge >= 0.3 is 0 Å². The maximum absolute atomic E-state index is 8.63. The second kappa shape index (κ2) is 5.88. The van der Waals surface area contributed by atoms with Crippen LogP contribution in [-0.2, 0) is 6.42 Å². The Morgan fingerprint density at radius 3 is 2.83 bits per heavy atom. The van der Waals surface area contributed by atoms with Crippen LogP contribution in [0.1, 0.15) is 5.69 Å². The molecule has 0 unspecified atom stereocenters. The lowest BCUT2D eigenvalue weighted by atomic mass is 10.2. The van der Waals surface area contributed by atoms with E-state index in [0.717, 1.165) is 5.69 Å². The average Bonchev–Trinajstić information content (AvgIpc) is 2.06. The molecule has 0 aromatic carbocycles. The van der Waals surface area contributed by atoms with Crippen molar-refractivity contribution < 1.29 is 5.11 Å². The highest BCUT2D eigenvalue weighted by Gasteiger charge is 2.01. The fraction of sp³-hybridized carbons (Fsp3) is 0.429. The molecule has 0 aliphatic carbocycles. The van der Waals surface area contributed by atoms with E-state index in [9.17, 15) is 0 Å². The third-order valence-electron chi connectivity index (χ3n) is 1.35. The molecule has 4 nitrogen and oxygen atoms in total. The molecule has 3 N–H and O–H groups in total. The lowest BCUT2D eigenvalue weighted by molar-refractivity contribution is 0.264. The van der Waals surface area contributed by atoms with E-state index >= 15 is 0 Å². The van der Waals surface area contributed by atoms with E-state index in [2.05, 4.69) is 9.97 Å². The number of aliphatic hydroxyl groups is 1. The van der Waals surface area contributed by atoms with Crippen LogP contribution in [0, 0.1) is 0 Å². The van der Waals surface area contributed by atoms with Gasteiger partial charge in [0.2, 0.25) is 0 Å². The van der Waals surface area contributed by atoms with Gasteiger partial charge in [0.15, 0.2) is 0 Å². The van der Waals surface area contributed by atoms with Crippen molar-refractivity contribution in [2.24, 2.45) is 5.73 Å². The van der Waals surface area contributed by atoms with E-state index < -0.39 is 0 Å². The second-order valence-electron chi connectivity index (χ2n) is 2.35. The number of aromatic nitrogens is 2. The summed E-state index contributed by atoms with van der Waals surface area (Å²) in [7, 11) is 0. The molecule has 0 saturated heterocycles. The zero-order valence-corrected chi connectivity index (χ0v) is 7.37. The Morgan fingerprint density at radius 2 is 2.33 bits per heavy atom. The third-order valence-corrected chi connectivity index (χ3v) is 1.35. The molecule has 1 rings (SSSR count). The minimum atomic E-state index is -0.218. The zero-order chi connectivity index (χ0) is 8.10. The molecule has 12 heavy (non-hydrogen) atoms. The van der Waals surface area contributed by atoms with Crippen molar-refractivity contribution in [1.82, 2.24) is 9.97 Å². The maximum atomic E-state index is 8.63. The number of hydrogen-bond donors (Lipinski definition) is 2. The van der Waals surface area contributed by atoms with Gasteiger partial charge in [0, 0.05) is 24.4 Å². The van der Waals surface area contributed by atoms with Gasteiger partial charge in [-0.3, -0.25) is 0 Å². The molecule has 0 saturated carbocycles. The molecule has 1 aromatic rings. The van der Waals surface area contributed by atoms with E-state index in [0.29, 0.717) is 6.42 Å². The maximum Gasteiger partial charge on any atom is 0.115 e. The Bertz CT molecular complexity index is 207. The second-order valence-corrected chi connectivity index (χ2v) is 2.35. The summed E-state index contributed by atoms with van der Waals surface area (Å²) in [6, 6.07) is 1.57. The van der Waals surface area contributed by atoms with Crippen LogP contribution in [0.2, 0.25) is 0 Å². The average molecular weight is 190 g/mol. The fourth-order valence-electron chi connectivity index (χ4n) is 0.772. The van der Waals surface area contributed by atoms with Gasteiger partial charge in [-0.05, 0) is 6.07 Å². The Kier molecular flexibility index (Phi) is 5.53. The van der Waals surface area contributed by atoms with Crippen molar-refractivity contribution in [3.05, 3.63) is 24.3 Å². The van der Waals surface area contributed by atoms with E-state index in [-0.39, 0.29) is 25.1 Å². The summed E-state index contributed by atoms with van der Waals surface area (Å²) >= 11 is 0. The van der Waals surface area contributed by atoms with Gasteiger partial charge < -0.3 is 10.8 Å². The van der Waals surface area contributed by atoms with Crippen LogP contribution < -0.4 is 5.73 Å². The molecule has 0 amide bonds. The van der Waals surface area contributed by atoms with Crippen LogP contribution in [0.5, 0.6) is 0 Å². The molecule has 1 heterocycles. The first-order valence-corrected chi connectivity index (χ1v) is 3.44. The van der Waals surface area contributed by atoms with Crippen molar-refractivity contribution in [3.8, 4) is 0 Å². The number of nitrogens with two attached hydrogens (primary N) is 1. The first-order valence-electron chi connectivity index (χ1n) is 3.44. The molecule has 0 bridgehead atoms. The topological polar surface area (TPSA) is 72.0 Å². The van der Waals surface area contributed by atoms with Gasteiger partial charge in [0.25, 0.3) is 0 Å². The number of aliphatic hydroxyl groups excluding tert-OH is 1. The summed E-state index contributed by atoms with van der Waals surface area (Å²) in [5, 5.41) is 8.63. The molecule has 5 heteroatoms. The van der Waals surface area contributed by atoms with Crippen LogP contribution in [0.25, 0.3) is 0 Å². The highest BCUT2D eigenvalue weighted by molar-refractivity contribution is 5.85. The number of hydrogen-bond acceptors (Lipinski definition) is 4. The van der Waals surface area contributed by atoms with Crippen molar-refractivity contribution in [2.45, 2.75) is 12.5 Å². The van der Waals surface area contributed by atoms with Gasteiger partial charge in [-0.15, -0.1) is 12.4 Å². The predicted molar refractivity (Wildman–Crippen MR) is 48.0 cm³/mol. The number of halogens is 1. The van der Waals surface area contributed by atoms with Gasteiger partial charge in [0.1, 0.15) is 6.33 Å². The monoisotopic (exact) mass is 189 g/mol. The van der Waals surface area contributed by atoms with Crippen LogP contribution >= 0.6 is 12.4 Å². The third kappa shape index (κ3) is 3.61. The summed E-state index contributed by atoms with van der Waals surface area (Å²) in [5.41, 5.74) is 6.36. The molecular weight excluding hydrogens is 178 g/mol. The Labute approximate surface area is 77.3 Å². The molecule has 1 aromatic heterocycles. The predicted octanol–water partition coefficient (Wildman–Crippen LogP) is -0.240. The highest BCUT2D eigenvalue weighted by Crippen LogP contribution is 1.94. The molecule has 0 radical (unpaired) electrons. The first-order chi connectivity index (χ1) is 5.33. The SMILES string of the molecule is Cl.N[C@@H](CO)Cc1ccncn1. The Hall–Kier alpha value is -0.710.